The van der Waals surface area contributed by atoms with Crippen molar-refractivity contribution in [3.63, 3.8) is 0 Å². The average molecular weight is 427 g/mol. The summed E-state index contributed by atoms with van der Waals surface area (Å²) in [6.45, 7) is 6.82. The Hall–Kier alpha value is -2.90. The molecule has 0 bridgehead atoms. The lowest BCUT2D eigenvalue weighted by Crippen LogP contribution is -2.14. The molecule has 3 rings (SSSR count). The maximum absolute atomic E-state index is 12.7. The van der Waals surface area contributed by atoms with Crippen LogP contribution in [0.5, 0.6) is 11.5 Å². The molecule has 1 N–H and O–H groups in total. The van der Waals surface area contributed by atoms with Crippen LogP contribution in [0, 0.1) is 6.92 Å². The second-order valence-corrected chi connectivity index (χ2v) is 7.88. The standard InChI is InChI=1S/C23H26N2O4S/c1-15(2)29-18-8-6-17(7-9-18)23-25-20(14-30-23)22(26)24-19-10-5-16(3)13-21(19)28-12-11-27-4/h5-10,13-15H,11-12H2,1-4H3,(H,24,26). The highest BCUT2D eigenvalue weighted by Crippen LogP contribution is 2.29. The molecule has 0 radical (unpaired) electrons. The molecule has 0 aliphatic rings. The first-order chi connectivity index (χ1) is 14.5. The van der Waals surface area contributed by atoms with E-state index in [9.17, 15) is 4.79 Å². The molecule has 2 aromatic carbocycles. The van der Waals surface area contributed by atoms with Crippen molar-refractivity contribution in [2.24, 2.45) is 0 Å². The molecule has 0 spiro atoms. The molecule has 1 aromatic heterocycles. The molecule has 158 valence electrons. The Kier molecular flexibility index (Phi) is 7.43. The van der Waals surface area contributed by atoms with Crippen LogP contribution in [0.2, 0.25) is 0 Å². The Labute approximate surface area is 180 Å². The summed E-state index contributed by atoms with van der Waals surface area (Å²) in [5.41, 5.74) is 2.95. The van der Waals surface area contributed by atoms with E-state index in [4.69, 9.17) is 14.2 Å². The smallest absolute Gasteiger partial charge is 0.275 e. The predicted molar refractivity (Wildman–Crippen MR) is 120 cm³/mol. The van der Waals surface area contributed by atoms with Crippen LogP contribution in [-0.2, 0) is 4.74 Å². The third kappa shape index (κ3) is 5.81. The van der Waals surface area contributed by atoms with Gasteiger partial charge in [0.25, 0.3) is 5.91 Å². The van der Waals surface area contributed by atoms with E-state index in [0.717, 1.165) is 21.9 Å². The van der Waals surface area contributed by atoms with Gasteiger partial charge in [-0.25, -0.2) is 4.98 Å². The normalized spacial score (nSPS) is 10.8. The molecule has 1 heterocycles. The molecule has 0 atom stereocenters. The number of anilines is 1. The molecule has 0 saturated carbocycles. The number of hydrogen-bond acceptors (Lipinski definition) is 6. The van der Waals surface area contributed by atoms with E-state index in [1.165, 1.54) is 11.3 Å². The average Bonchev–Trinajstić information content (AvgIpc) is 3.20. The van der Waals surface area contributed by atoms with E-state index in [1.807, 2.05) is 63.2 Å². The summed E-state index contributed by atoms with van der Waals surface area (Å²) in [7, 11) is 1.62. The van der Waals surface area contributed by atoms with E-state index in [0.29, 0.717) is 30.3 Å². The van der Waals surface area contributed by atoms with Crippen molar-refractivity contribution in [3.8, 4) is 22.1 Å². The lowest BCUT2D eigenvalue weighted by atomic mass is 10.2. The molecule has 3 aromatic rings. The fourth-order valence-electron chi connectivity index (χ4n) is 2.73. The van der Waals surface area contributed by atoms with E-state index in [2.05, 4.69) is 10.3 Å². The van der Waals surface area contributed by atoms with Gasteiger partial charge in [0.05, 0.1) is 18.4 Å². The van der Waals surface area contributed by atoms with E-state index in [1.54, 1.807) is 12.5 Å². The minimum Gasteiger partial charge on any atom is -0.491 e. The van der Waals surface area contributed by atoms with Crippen molar-refractivity contribution >= 4 is 22.9 Å². The summed E-state index contributed by atoms with van der Waals surface area (Å²) in [5, 5.41) is 5.42. The summed E-state index contributed by atoms with van der Waals surface area (Å²) in [6, 6.07) is 13.3. The predicted octanol–water partition coefficient (Wildman–Crippen LogP) is 5.18. The number of aromatic nitrogens is 1. The minimum absolute atomic E-state index is 0.121. The Morgan fingerprint density at radius 1 is 1.13 bits per heavy atom. The largest absolute Gasteiger partial charge is 0.491 e. The van der Waals surface area contributed by atoms with Gasteiger partial charge in [0, 0.05) is 18.1 Å². The number of carbonyl (C=O) groups excluding carboxylic acids is 1. The van der Waals surface area contributed by atoms with Crippen LogP contribution < -0.4 is 14.8 Å². The number of rotatable bonds is 9. The molecule has 0 aliphatic carbocycles. The van der Waals surface area contributed by atoms with Gasteiger partial charge < -0.3 is 19.5 Å². The van der Waals surface area contributed by atoms with Crippen LogP contribution in [0.15, 0.2) is 47.8 Å². The number of thiazole rings is 1. The number of aryl methyl sites for hydroxylation is 1. The van der Waals surface area contributed by atoms with Crippen LogP contribution in [-0.4, -0.2) is 37.3 Å². The Bertz CT molecular complexity index is 983. The van der Waals surface area contributed by atoms with Crippen LogP contribution in [0.4, 0.5) is 5.69 Å². The second-order valence-electron chi connectivity index (χ2n) is 7.02. The Morgan fingerprint density at radius 2 is 1.90 bits per heavy atom. The van der Waals surface area contributed by atoms with Gasteiger partial charge in [0.2, 0.25) is 0 Å². The quantitative estimate of drug-likeness (QED) is 0.477. The third-order valence-corrected chi connectivity index (χ3v) is 5.03. The SMILES string of the molecule is COCCOc1cc(C)ccc1NC(=O)c1csc(-c2ccc(OC(C)C)cc2)n1. The summed E-state index contributed by atoms with van der Waals surface area (Å²) in [4.78, 5) is 17.2. The van der Waals surface area contributed by atoms with Gasteiger partial charge >= 0.3 is 0 Å². The lowest BCUT2D eigenvalue weighted by Gasteiger charge is -2.12. The van der Waals surface area contributed by atoms with Crippen molar-refractivity contribution in [2.75, 3.05) is 25.6 Å². The topological polar surface area (TPSA) is 69.7 Å². The Morgan fingerprint density at radius 3 is 2.60 bits per heavy atom. The maximum atomic E-state index is 12.7. The van der Waals surface area contributed by atoms with Crippen molar-refractivity contribution in [2.45, 2.75) is 26.9 Å². The lowest BCUT2D eigenvalue weighted by molar-refractivity contribution is 0.102. The minimum atomic E-state index is -0.280. The summed E-state index contributed by atoms with van der Waals surface area (Å²) in [5.74, 6) is 1.14. The van der Waals surface area contributed by atoms with Gasteiger partial charge in [0.15, 0.2) is 0 Å². The van der Waals surface area contributed by atoms with Crippen molar-refractivity contribution in [1.29, 1.82) is 0 Å². The zero-order chi connectivity index (χ0) is 21.5. The highest BCUT2D eigenvalue weighted by atomic mass is 32.1. The molecule has 0 unspecified atom stereocenters. The second kappa shape index (κ2) is 10.2. The van der Waals surface area contributed by atoms with Crippen molar-refractivity contribution in [3.05, 3.63) is 59.1 Å². The molecule has 7 heteroatoms. The van der Waals surface area contributed by atoms with Crippen LogP contribution in [0.3, 0.4) is 0 Å². The molecule has 30 heavy (non-hydrogen) atoms. The first-order valence-corrected chi connectivity index (χ1v) is 10.6. The van der Waals surface area contributed by atoms with E-state index in [-0.39, 0.29) is 12.0 Å². The number of hydrogen-bond donors (Lipinski definition) is 1. The van der Waals surface area contributed by atoms with Gasteiger partial charge in [0.1, 0.15) is 28.8 Å². The molecule has 0 fully saturated rings. The van der Waals surface area contributed by atoms with Gasteiger partial charge in [-0.05, 0) is 62.7 Å². The molecule has 6 nitrogen and oxygen atoms in total. The molecule has 1 amide bonds. The molecular formula is C23H26N2O4S. The van der Waals surface area contributed by atoms with Gasteiger partial charge in [-0.15, -0.1) is 11.3 Å². The zero-order valence-electron chi connectivity index (χ0n) is 17.6. The number of nitrogens with zero attached hydrogens (tertiary/aromatic N) is 1. The van der Waals surface area contributed by atoms with E-state index >= 15 is 0 Å². The monoisotopic (exact) mass is 426 g/mol. The molecular weight excluding hydrogens is 400 g/mol. The van der Waals surface area contributed by atoms with Gasteiger partial charge in [-0.3, -0.25) is 4.79 Å². The summed E-state index contributed by atoms with van der Waals surface area (Å²) >= 11 is 1.42. The number of benzene rings is 2. The van der Waals surface area contributed by atoms with Crippen LogP contribution in [0.1, 0.15) is 29.9 Å². The van der Waals surface area contributed by atoms with Gasteiger partial charge in [-0.2, -0.15) is 0 Å². The van der Waals surface area contributed by atoms with Gasteiger partial charge in [-0.1, -0.05) is 6.07 Å². The first-order valence-electron chi connectivity index (χ1n) is 9.72. The number of nitrogens with one attached hydrogen (secondary N) is 1. The molecule has 0 aliphatic heterocycles. The third-order valence-electron chi connectivity index (χ3n) is 4.14. The fourth-order valence-corrected chi connectivity index (χ4v) is 3.54. The first kappa shape index (κ1) is 21.8. The van der Waals surface area contributed by atoms with Crippen molar-refractivity contribution in [1.82, 2.24) is 4.98 Å². The molecule has 0 saturated heterocycles. The summed E-state index contributed by atoms with van der Waals surface area (Å²) < 4.78 is 16.4. The number of carbonyl (C=O) groups is 1. The van der Waals surface area contributed by atoms with Crippen LogP contribution >= 0.6 is 11.3 Å². The van der Waals surface area contributed by atoms with Crippen molar-refractivity contribution < 1.29 is 19.0 Å². The highest BCUT2D eigenvalue weighted by Gasteiger charge is 2.15. The summed E-state index contributed by atoms with van der Waals surface area (Å²) in [6.07, 6.45) is 0.121. The van der Waals surface area contributed by atoms with Crippen LogP contribution in [0.25, 0.3) is 10.6 Å². The number of ether oxygens (including phenoxy) is 3. The number of amides is 1. The zero-order valence-corrected chi connectivity index (χ0v) is 18.4. The number of methoxy groups -OCH3 is 1. The van der Waals surface area contributed by atoms with E-state index < -0.39 is 0 Å². The fraction of sp³-hybridized carbons (Fsp3) is 0.304. The Balaban J connectivity index is 1.71. The maximum Gasteiger partial charge on any atom is 0.275 e. The highest BCUT2D eigenvalue weighted by molar-refractivity contribution is 7.13.